The Kier molecular flexibility index (Phi) is 6.35. The Morgan fingerprint density at radius 1 is 0.480 bits per heavy atom. The summed E-state index contributed by atoms with van der Waals surface area (Å²) in [6.07, 6.45) is 0. The molecule has 0 saturated carbocycles. The van der Waals surface area contributed by atoms with Gasteiger partial charge in [0, 0.05) is 0 Å². The van der Waals surface area contributed by atoms with Gasteiger partial charge < -0.3 is 9.31 Å². The third-order valence-electron chi connectivity index (χ3n) is 12.2. The van der Waals surface area contributed by atoms with E-state index in [-0.39, 0.29) is 10.8 Å². The number of aryl methyl sites for hydroxylation is 1. The van der Waals surface area contributed by atoms with Crippen LogP contribution in [0, 0.1) is 6.92 Å². The van der Waals surface area contributed by atoms with Crippen LogP contribution >= 0.6 is 0 Å². The highest BCUT2D eigenvalue weighted by atomic mass is 16.7. The Hall–Kier alpha value is -4.18. The molecule has 0 aromatic heterocycles. The van der Waals surface area contributed by atoms with Crippen molar-refractivity contribution in [3.05, 3.63) is 102 Å². The van der Waals surface area contributed by atoms with Crippen LogP contribution in [0.5, 0.6) is 0 Å². The van der Waals surface area contributed by atoms with Gasteiger partial charge in [0.05, 0.1) is 11.2 Å². The quantitative estimate of drug-likeness (QED) is 0.173. The minimum atomic E-state index is -0.433. The molecule has 1 fully saturated rings. The van der Waals surface area contributed by atoms with Crippen LogP contribution in [-0.2, 0) is 20.1 Å². The van der Waals surface area contributed by atoms with Gasteiger partial charge in [-0.2, -0.15) is 0 Å². The van der Waals surface area contributed by atoms with Gasteiger partial charge in [-0.05, 0) is 149 Å². The van der Waals surface area contributed by atoms with Gasteiger partial charge in [-0.25, -0.2) is 0 Å². The van der Waals surface area contributed by atoms with E-state index in [0.717, 1.165) is 5.46 Å². The summed E-state index contributed by atoms with van der Waals surface area (Å²) in [6.45, 7) is 24.6. The summed E-state index contributed by atoms with van der Waals surface area (Å²) in [5.74, 6) is 0. The van der Waals surface area contributed by atoms with Crippen LogP contribution in [0.15, 0.2) is 84.9 Å². The zero-order valence-corrected chi connectivity index (χ0v) is 31.5. The van der Waals surface area contributed by atoms with E-state index in [1.165, 1.54) is 92.5 Å². The molecular formula is C47H47BO2. The number of rotatable bonds is 2. The molecule has 0 bridgehead atoms. The second kappa shape index (κ2) is 9.99. The molecule has 3 heteroatoms. The molecule has 0 aliphatic carbocycles. The summed E-state index contributed by atoms with van der Waals surface area (Å²) in [5.41, 5.74) is 7.00. The third-order valence-corrected chi connectivity index (χ3v) is 12.2. The van der Waals surface area contributed by atoms with E-state index in [0.29, 0.717) is 0 Å². The molecule has 2 nitrogen and oxygen atoms in total. The molecule has 1 heterocycles. The van der Waals surface area contributed by atoms with Crippen molar-refractivity contribution in [3.63, 3.8) is 0 Å². The van der Waals surface area contributed by atoms with Crippen molar-refractivity contribution < 1.29 is 9.31 Å². The fraction of sp³-hybridized carbons (Fsp3) is 0.319. The summed E-state index contributed by atoms with van der Waals surface area (Å²) in [4.78, 5) is 0. The van der Waals surface area contributed by atoms with Crippen LogP contribution in [0.3, 0.4) is 0 Å². The van der Waals surface area contributed by atoms with Crippen LogP contribution in [0.2, 0.25) is 0 Å². The molecule has 9 rings (SSSR count). The van der Waals surface area contributed by atoms with Crippen molar-refractivity contribution in [2.45, 2.75) is 98.2 Å². The van der Waals surface area contributed by atoms with Crippen molar-refractivity contribution in [2.24, 2.45) is 0 Å². The number of benzene rings is 6. The van der Waals surface area contributed by atoms with Gasteiger partial charge in [0.25, 0.3) is 0 Å². The lowest BCUT2D eigenvalue weighted by molar-refractivity contribution is 0.00578. The monoisotopic (exact) mass is 654 g/mol. The molecule has 0 radical (unpaired) electrons. The second-order valence-electron chi connectivity index (χ2n) is 18.1. The van der Waals surface area contributed by atoms with E-state index in [4.69, 9.17) is 9.31 Å². The van der Waals surface area contributed by atoms with E-state index in [2.05, 4.69) is 161 Å². The molecule has 1 aliphatic heterocycles. The molecule has 0 amide bonds. The lowest BCUT2D eigenvalue weighted by Gasteiger charge is -2.32. The van der Waals surface area contributed by atoms with E-state index in [1.807, 2.05) is 0 Å². The molecule has 0 atom stereocenters. The Labute approximate surface area is 296 Å². The van der Waals surface area contributed by atoms with E-state index in [1.54, 1.807) is 0 Å². The first-order valence-corrected chi connectivity index (χ1v) is 18.3. The highest BCUT2D eigenvalue weighted by molar-refractivity contribution is 6.66. The molecule has 1 aliphatic rings. The smallest absolute Gasteiger partial charge is 0.399 e. The lowest BCUT2D eigenvalue weighted by Crippen LogP contribution is -2.41. The lowest BCUT2D eigenvalue weighted by atomic mass is 9.75. The Balaban J connectivity index is 1.48. The highest BCUT2D eigenvalue weighted by Crippen LogP contribution is 2.53. The predicted octanol–water partition coefficient (Wildman–Crippen LogP) is 12.4. The van der Waals surface area contributed by atoms with Crippen LogP contribution in [-0.4, -0.2) is 18.3 Å². The third kappa shape index (κ3) is 4.29. The summed E-state index contributed by atoms with van der Waals surface area (Å²) in [5, 5.41) is 15.9. The van der Waals surface area contributed by atoms with Gasteiger partial charge in [-0.15, -0.1) is 0 Å². The standard InChI is InChI=1S/C47H47BO2/c1-26-23-35-34-25-29(45(5,6)7)19-20-30(34)41-40(35)36(24-26)38(27-15-17-28(18-16-27)44(2,3)4)42-32-14-12-13-31-37(22-21-33(39(31)32)43(41)42)48-49-46(8,9)47(10,11)50-48/h12-25H,1-11H3. The summed E-state index contributed by atoms with van der Waals surface area (Å²) < 4.78 is 13.3. The first kappa shape index (κ1) is 31.8. The van der Waals surface area contributed by atoms with Crippen molar-refractivity contribution >= 4 is 77.2 Å². The molecule has 0 unspecified atom stereocenters. The first-order valence-electron chi connectivity index (χ1n) is 18.3. The fourth-order valence-corrected chi connectivity index (χ4v) is 8.69. The van der Waals surface area contributed by atoms with Gasteiger partial charge in [0.2, 0.25) is 0 Å². The minimum Gasteiger partial charge on any atom is -0.399 e. The molecule has 8 aromatic rings. The molecule has 0 spiro atoms. The Morgan fingerprint density at radius 3 is 1.70 bits per heavy atom. The van der Waals surface area contributed by atoms with Gasteiger partial charge >= 0.3 is 7.12 Å². The van der Waals surface area contributed by atoms with E-state index >= 15 is 0 Å². The highest BCUT2D eigenvalue weighted by Gasteiger charge is 2.52. The zero-order valence-electron chi connectivity index (χ0n) is 31.5. The number of hydrogen-bond acceptors (Lipinski definition) is 2. The second-order valence-corrected chi connectivity index (χ2v) is 18.1. The summed E-state index contributed by atoms with van der Waals surface area (Å²) >= 11 is 0. The van der Waals surface area contributed by atoms with Gasteiger partial charge in [0.15, 0.2) is 0 Å². The van der Waals surface area contributed by atoms with Crippen molar-refractivity contribution in [3.8, 4) is 11.1 Å². The predicted molar refractivity (Wildman–Crippen MR) is 217 cm³/mol. The zero-order chi connectivity index (χ0) is 35.3. The molecule has 50 heavy (non-hydrogen) atoms. The first-order chi connectivity index (χ1) is 23.5. The molecular weight excluding hydrogens is 607 g/mol. The maximum atomic E-state index is 6.66. The van der Waals surface area contributed by atoms with Crippen LogP contribution in [0.25, 0.3) is 75.8 Å². The average Bonchev–Trinajstić information content (AvgIpc) is 3.62. The Morgan fingerprint density at radius 2 is 1.04 bits per heavy atom. The minimum absolute atomic E-state index is 0.0559. The Bertz CT molecular complexity index is 2650. The van der Waals surface area contributed by atoms with Crippen LogP contribution in [0.4, 0.5) is 0 Å². The summed E-state index contributed by atoms with van der Waals surface area (Å²) in [6, 6.07) is 32.9. The summed E-state index contributed by atoms with van der Waals surface area (Å²) in [7, 11) is -0.433. The van der Waals surface area contributed by atoms with Crippen LogP contribution in [0.1, 0.15) is 85.9 Å². The maximum Gasteiger partial charge on any atom is 0.495 e. The van der Waals surface area contributed by atoms with Crippen LogP contribution < -0.4 is 5.46 Å². The fourth-order valence-electron chi connectivity index (χ4n) is 8.69. The largest absolute Gasteiger partial charge is 0.495 e. The number of hydrogen-bond donors (Lipinski definition) is 0. The van der Waals surface area contributed by atoms with Gasteiger partial charge in [-0.3, -0.25) is 0 Å². The molecule has 1 saturated heterocycles. The van der Waals surface area contributed by atoms with Gasteiger partial charge in [0.1, 0.15) is 0 Å². The molecule has 8 aromatic carbocycles. The maximum absolute atomic E-state index is 6.66. The normalized spacial score (nSPS) is 16.8. The molecule has 250 valence electrons. The molecule has 0 N–H and O–H groups in total. The number of fused-ring (bicyclic) bond motifs is 7. The average molecular weight is 655 g/mol. The van der Waals surface area contributed by atoms with Crippen molar-refractivity contribution in [2.75, 3.05) is 0 Å². The van der Waals surface area contributed by atoms with Gasteiger partial charge in [-0.1, -0.05) is 120 Å². The topological polar surface area (TPSA) is 18.5 Å². The van der Waals surface area contributed by atoms with Crippen molar-refractivity contribution in [1.82, 2.24) is 0 Å². The van der Waals surface area contributed by atoms with E-state index in [9.17, 15) is 0 Å². The van der Waals surface area contributed by atoms with Crippen molar-refractivity contribution in [1.29, 1.82) is 0 Å². The SMILES string of the molecule is Cc1cc2c(-c3ccc(C(C)(C)C)cc3)c3c4cccc5c(B6OC(C)(C)C(C)(C)O6)ccc(c54)c3c3c4ccc(C(C)(C)C)cc4c(c1)c23. The van der Waals surface area contributed by atoms with E-state index < -0.39 is 18.3 Å².